The lowest BCUT2D eigenvalue weighted by molar-refractivity contribution is 0.419. The third kappa shape index (κ3) is 1.36. The van der Waals surface area contributed by atoms with Crippen molar-refractivity contribution in [3.63, 3.8) is 0 Å². The zero-order chi connectivity index (χ0) is 9.42. The summed E-state index contributed by atoms with van der Waals surface area (Å²) in [5.74, 6) is 0.737. The summed E-state index contributed by atoms with van der Waals surface area (Å²) in [5, 5.41) is 1.39. The molecule has 0 N–H and O–H groups in total. The van der Waals surface area contributed by atoms with Crippen molar-refractivity contribution >= 4 is 33.4 Å². The third-order valence-corrected chi connectivity index (χ3v) is 2.80. The molecule has 0 saturated carbocycles. The number of rotatable bonds is 1. The number of ether oxygens (including phenoxy) is 1. The van der Waals surface area contributed by atoms with Crippen molar-refractivity contribution < 1.29 is 4.74 Å². The minimum absolute atomic E-state index is 0.438. The van der Waals surface area contributed by atoms with Gasteiger partial charge in [0.2, 0.25) is 0 Å². The summed E-state index contributed by atoms with van der Waals surface area (Å²) in [7, 11) is 1.61. The van der Waals surface area contributed by atoms with Gasteiger partial charge in [0.1, 0.15) is 15.7 Å². The summed E-state index contributed by atoms with van der Waals surface area (Å²) in [6.07, 6.45) is 0. The van der Waals surface area contributed by atoms with Crippen LogP contribution in [0.3, 0.4) is 0 Å². The molecule has 2 aromatic heterocycles. The second-order valence-corrected chi connectivity index (χ2v) is 3.73. The Morgan fingerprint density at radius 1 is 1.54 bits per heavy atom. The summed E-state index contributed by atoms with van der Waals surface area (Å²) < 4.78 is 9.38. The first-order valence-electron chi connectivity index (χ1n) is 3.69. The number of aromatic nitrogens is 2. The highest BCUT2D eigenvalue weighted by Crippen LogP contribution is 2.31. The summed E-state index contributed by atoms with van der Waals surface area (Å²) in [5.41, 5.74) is 0.931. The van der Waals surface area contributed by atoms with Gasteiger partial charge in [-0.1, -0.05) is 11.6 Å². The molecule has 0 amide bonds. The molecule has 0 saturated heterocycles. The molecule has 0 unspecified atom stereocenters. The number of methoxy groups -OCH3 is 1. The van der Waals surface area contributed by atoms with E-state index in [0.29, 0.717) is 5.15 Å². The molecule has 0 atom stereocenters. The number of hydrogen-bond donors (Lipinski definition) is 0. The average molecular weight is 215 g/mol. The van der Waals surface area contributed by atoms with Crippen molar-refractivity contribution in [3.05, 3.63) is 16.9 Å². The highest BCUT2D eigenvalue weighted by Gasteiger charge is 2.10. The van der Waals surface area contributed by atoms with Crippen molar-refractivity contribution in [1.29, 1.82) is 0 Å². The lowest BCUT2D eigenvalue weighted by atomic mass is 10.3. The molecule has 0 radical (unpaired) electrons. The van der Waals surface area contributed by atoms with Crippen molar-refractivity contribution in [3.8, 4) is 5.75 Å². The molecule has 0 spiro atoms. The first-order valence-corrected chi connectivity index (χ1v) is 4.84. The molecule has 13 heavy (non-hydrogen) atoms. The van der Waals surface area contributed by atoms with Crippen LogP contribution in [0.25, 0.3) is 10.2 Å². The van der Waals surface area contributed by atoms with Crippen LogP contribution in [0.2, 0.25) is 5.15 Å². The first kappa shape index (κ1) is 8.72. The monoisotopic (exact) mass is 214 g/mol. The van der Waals surface area contributed by atoms with E-state index in [0.717, 1.165) is 21.7 Å². The van der Waals surface area contributed by atoms with Crippen LogP contribution in [0.15, 0.2) is 6.07 Å². The molecular formula is C8H7ClN2OS. The average Bonchev–Trinajstić information content (AvgIpc) is 2.46. The largest absolute Gasteiger partial charge is 0.496 e. The molecule has 0 bridgehead atoms. The van der Waals surface area contributed by atoms with Gasteiger partial charge >= 0.3 is 0 Å². The molecule has 0 aliphatic rings. The third-order valence-electron chi connectivity index (χ3n) is 1.77. The van der Waals surface area contributed by atoms with E-state index in [1.165, 1.54) is 11.5 Å². The molecular weight excluding hydrogens is 208 g/mol. The zero-order valence-electron chi connectivity index (χ0n) is 7.17. The van der Waals surface area contributed by atoms with E-state index in [1.54, 1.807) is 13.2 Å². The number of aryl methyl sites for hydroxylation is 1. The van der Waals surface area contributed by atoms with Crippen LogP contribution in [-0.2, 0) is 0 Å². The van der Waals surface area contributed by atoms with Gasteiger partial charge in [0.05, 0.1) is 18.2 Å². The smallest absolute Gasteiger partial charge is 0.149 e. The molecule has 0 fully saturated rings. The molecule has 2 rings (SSSR count). The fourth-order valence-electron chi connectivity index (χ4n) is 1.19. The molecule has 3 nitrogen and oxygen atoms in total. The molecule has 5 heteroatoms. The predicted octanol–water partition coefficient (Wildman–Crippen LogP) is 2.66. The minimum Gasteiger partial charge on any atom is -0.496 e. The Morgan fingerprint density at radius 2 is 2.31 bits per heavy atom. The highest BCUT2D eigenvalue weighted by atomic mass is 35.5. The number of hydrogen-bond acceptors (Lipinski definition) is 4. The van der Waals surface area contributed by atoms with Crippen LogP contribution in [0.4, 0.5) is 0 Å². The van der Waals surface area contributed by atoms with E-state index < -0.39 is 0 Å². The Bertz CT molecular complexity index is 455. The summed E-state index contributed by atoms with van der Waals surface area (Å²) in [6, 6.07) is 1.70. The number of fused-ring (bicyclic) bond motifs is 1. The standard InChI is InChI=1S/C8H7ClN2OS/c1-4-7-5(12-2)3-6(9)10-8(7)13-11-4/h3H,1-2H3. The minimum atomic E-state index is 0.438. The zero-order valence-corrected chi connectivity index (χ0v) is 8.74. The lowest BCUT2D eigenvalue weighted by Crippen LogP contribution is -1.86. The Kier molecular flexibility index (Phi) is 2.09. The number of halogens is 1. The van der Waals surface area contributed by atoms with Crippen molar-refractivity contribution in [2.45, 2.75) is 6.92 Å². The SMILES string of the molecule is COc1cc(Cl)nc2snc(C)c12. The van der Waals surface area contributed by atoms with Gasteiger partial charge < -0.3 is 4.74 Å². The molecule has 2 aromatic rings. The maximum atomic E-state index is 5.80. The van der Waals surface area contributed by atoms with E-state index in [9.17, 15) is 0 Å². The molecule has 0 aromatic carbocycles. The molecule has 68 valence electrons. The fraction of sp³-hybridized carbons (Fsp3) is 0.250. The predicted molar refractivity (Wildman–Crippen MR) is 53.7 cm³/mol. The van der Waals surface area contributed by atoms with Crippen LogP contribution >= 0.6 is 23.1 Å². The highest BCUT2D eigenvalue weighted by molar-refractivity contribution is 7.13. The van der Waals surface area contributed by atoms with E-state index >= 15 is 0 Å². The van der Waals surface area contributed by atoms with E-state index in [1.807, 2.05) is 6.92 Å². The Balaban J connectivity index is 2.85. The van der Waals surface area contributed by atoms with E-state index in [2.05, 4.69) is 9.36 Å². The Morgan fingerprint density at radius 3 is 3.00 bits per heavy atom. The summed E-state index contributed by atoms with van der Waals surface area (Å²) in [6.45, 7) is 1.93. The maximum Gasteiger partial charge on any atom is 0.149 e. The van der Waals surface area contributed by atoms with Crippen molar-refractivity contribution in [2.75, 3.05) is 7.11 Å². The number of nitrogens with zero attached hydrogens (tertiary/aromatic N) is 2. The van der Waals surface area contributed by atoms with Crippen LogP contribution < -0.4 is 4.74 Å². The normalized spacial score (nSPS) is 10.7. The maximum absolute atomic E-state index is 5.80. The Hall–Kier alpha value is -0.870. The molecule has 0 aliphatic carbocycles. The first-order chi connectivity index (χ1) is 6.22. The second kappa shape index (κ2) is 3.12. The van der Waals surface area contributed by atoms with Crippen molar-refractivity contribution in [1.82, 2.24) is 9.36 Å². The van der Waals surface area contributed by atoms with Gasteiger partial charge in [-0.3, -0.25) is 0 Å². The van der Waals surface area contributed by atoms with Gasteiger partial charge in [-0.25, -0.2) is 4.98 Å². The van der Waals surface area contributed by atoms with Crippen LogP contribution in [0, 0.1) is 6.92 Å². The van der Waals surface area contributed by atoms with Crippen LogP contribution in [-0.4, -0.2) is 16.5 Å². The van der Waals surface area contributed by atoms with E-state index in [4.69, 9.17) is 16.3 Å². The topological polar surface area (TPSA) is 35.0 Å². The van der Waals surface area contributed by atoms with Gasteiger partial charge in [0, 0.05) is 6.07 Å². The molecule has 0 aliphatic heterocycles. The van der Waals surface area contributed by atoms with Crippen LogP contribution in [0.5, 0.6) is 5.75 Å². The summed E-state index contributed by atoms with van der Waals surface area (Å²) in [4.78, 5) is 4.97. The van der Waals surface area contributed by atoms with E-state index in [-0.39, 0.29) is 0 Å². The Labute approximate surface area is 84.5 Å². The quantitative estimate of drug-likeness (QED) is 0.685. The summed E-state index contributed by atoms with van der Waals surface area (Å²) >= 11 is 7.13. The van der Waals surface area contributed by atoms with Gasteiger partial charge in [-0.2, -0.15) is 4.37 Å². The van der Waals surface area contributed by atoms with Crippen LogP contribution in [0.1, 0.15) is 5.69 Å². The van der Waals surface area contributed by atoms with Gasteiger partial charge in [0.15, 0.2) is 0 Å². The van der Waals surface area contributed by atoms with Gasteiger partial charge in [-0.05, 0) is 18.5 Å². The number of pyridine rings is 1. The second-order valence-electron chi connectivity index (χ2n) is 2.60. The fourth-order valence-corrected chi connectivity index (χ4v) is 2.22. The van der Waals surface area contributed by atoms with Crippen molar-refractivity contribution in [2.24, 2.45) is 0 Å². The van der Waals surface area contributed by atoms with Gasteiger partial charge in [0.25, 0.3) is 0 Å². The molecule has 2 heterocycles. The lowest BCUT2D eigenvalue weighted by Gasteiger charge is -2.01. The van der Waals surface area contributed by atoms with Gasteiger partial charge in [-0.15, -0.1) is 0 Å².